The van der Waals surface area contributed by atoms with Crippen molar-refractivity contribution in [2.75, 3.05) is 18.0 Å². The highest BCUT2D eigenvalue weighted by molar-refractivity contribution is 7.86. The largest absolute Gasteiger partial charge is 0.550 e. The minimum absolute atomic E-state index is 0.0426. The monoisotopic (exact) mass is 720 g/mol. The van der Waals surface area contributed by atoms with Crippen LogP contribution in [0.2, 0.25) is 0 Å². The number of hydrogen-bond donors (Lipinski definition) is 1. The molecule has 3 aromatic rings. The molecule has 3 aliphatic rings. The van der Waals surface area contributed by atoms with Gasteiger partial charge in [0.2, 0.25) is 5.69 Å². The first-order valence-electron chi connectivity index (χ1n) is 17.5. The molecule has 0 spiro atoms. The number of fused-ring (bicyclic) bond motifs is 2. The lowest BCUT2D eigenvalue weighted by Gasteiger charge is -2.27. The number of para-hydroxylation sites is 2. The van der Waals surface area contributed by atoms with Gasteiger partial charge in [0.05, 0.1) is 5.41 Å². The molecule has 2 heterocycles. The summed E-state index contributed by atoms with van der Waals surface area (Å²) in [6, 6.07) is 22.4. The van der Waals surface area contributed by atoms with Gasteiger partial charge in [-0.05, 0) is 80.7 Å². The molecule has 1 aliphatic carbocycles. The van der Waals surface area contributed by atoms with Crippen molar-refractivity contribution in [3.05, 3.63) is 136 Å². The van der Waals surface area contributed by atoms with Crippen LogP contribution in [-0.4, -0.2) is 48.8 Å². The van der Waals surface area contributed by atoms with Crippen LogP contribution in [0.25, 0.3) is 0 Å². The number of carbonyl (C=O) groups excluding carboxylic acids is 1. The van der Waals surface area contributed by atoms with E-state index in [9.17, 15) is 28.2 Å². The SMILES string of the molecule is Cc1ccc(S(=O)(=O)OC2=C(/C=C/C3=[N+](CCC(=O)O)c4ccccc4C3(C)C)CC/C2=C\C=C2\N(CCC(=O)[O-])c3ccccc3C2(C)C)cc1. The zero-order chi connectivity index (χ0) is 37.4. The number of rotatable bonds is 12. The Morgan fingerprint density at radius 2 is 1.56 bits per heavy atom. The van der Waals surface area contributed by atoms with Crippen LogP contribution in [-0.2, 0) is 34.7 Å². The number of carboxylic acid groups (broad SMARTS) is 2. The van der Waals surface area contributed by atoms with Crippen LogP contribution in [0.5, 0.6) is 0 Å². The van der Waals surface area contributed by atoms with Crippen LogP contribution in [0, 0.1) is 6.92 Å². The van der Waals surface area contributed by atoms with Gasteiger partial charge in [0.1, 0.15) is 17.1 Å². The Morgan fingerprint density at radius 1 is 0.885 bits per heavy atom. The molecule has 6 rings (SSSR count). The molecule has 0 atom stereocenters. The molecule has 0 fully saturated rings. The van der Waals surface area contributed by atoms with E-state index >= 15 is 0 Å². The van der Waals surface area contributed by atoms with Crippen LogP contribution in [0.3, 0.4) is 0 Å². The van der Waals surface area contributed by atoms with Gasteiger partial charge in [-0.3, -0.25) is 4.79 Å². The van der Waals surface area contributed by atoms with E-state index in [0.717, 1.165) is 39.5 Å². The smallest absolute Gasteiger partial charge is 0.339 e. The van der Waals surface area contributed by atoms with E-state index in [1.807, 2.05) is 83.2 Å². The predicted molar refractivity (Wildman–Crippen MR) is 199 cm³/mol. The summed E-state index contributed by atoms with van der Waals surface area (Å²) >= 11 is 0. The van der Waals surface area contributed by atoms with E-state index in [0.29, 0.717) is 24.0 Å². The maximum atomic E-state index is 13.8. The number of hydrogen-bond acceptors (Lipinski definition) is 7. The fraction of sp³-hybridized carbons (Fsp3) is 0.310. The number of benzene rings is 3. The molecule has 1 N–H and O–H groups in total. The first-order valence-corrected chi connectivity index (χ1v) is 18.9. The predicted octanol–water partition coefficient (Wildman–Crippen LogP) is 6.60. The lowest BCUT2D eigenvalue weighted by atomic mass is 9.81. The average molecular weight is 721 g/mol. The Morgan fingerprint density at radius 3 is 2.25 bits per heavy atom. The van der Waals surface area contributed by atoms with Gasteiger partial charge in [-0.1, -0.05) is 74.0 Å². The van der Waals surface area contributed by atoms with Crippen molar-refractivity contribution in [3.8, 4) is 0 Å². The molecule has 10 heteroatoms. The summed E-state index contributed by atoms with van der Waals surface area (Å²) in [7, 11) is -4.21. The summed E-state index contributed by atoms with van der Waals surface area (Å²) in [6.45, 7) is 10.8. The Balaban J connectivity index is 1.45. The van der Waals surface area contributed by atoms with E-state index in [2.05, 4.69) is 33.8 Å². The maximum Gasteiger partial charge on any atom is 0.339 e. The highest BCUT2D eigenvalue weighted by Gasteiger charge is 2.44. The molecular weight excluding hydrogens is 677 g/mol. The van der Waals surface area contributed by atoms with Crippen molar-refractivity contribution < 1.29 is 37.0 Å². The number of carbonyl (C=O) groups is 2. The fourth-order valence-corrected chi connectivity index (χ4v) is 8.52. The number of carboxylic acids is 2. The molecule has 9 nitrogen and oxygen atoms in total. The summed E-state index contributed by atoms with van der Waals surface area (Å²) in [5, 5.41) is 21.0. The molecule has 3 aromatic carbocycles. The summed E-state index contributed by atoms with van der Waals surface area (Å²) in [4.78, 5) is 25.2. The second-order valence-electron chi connectivity index (χ2n) is 14.5. The van der Waals surface area contributed by atoms with Gasteiger partial charge in [0.15, 0.2) is 12.3 Å². The number of nitrogens with zero attached hydrogens (tertiary/aromatic N) is 2. The number of anilines is 1. The normalized spacial score (nSPS) is 19.2. The second kappa shape index (κ2) is 14.1. The highest BCUT2D eigenvalue weighted by Crippen LogP contribution is 2.48. The fourth-order valence-electron chi connectivity index (χ4n) is 7.52. The molecule has 0 amide bonds. The quantitative estimate of drug-likeness (QED) is 0.164. The molecule has 0 saturated heterocycles. The van der Waals surface area contributed by atoms with Crippen LogP contribution < -0.4 is 10.0 Å². The molecule has 0 bridgehead atoms. The standard InChI is InChI=1S/C42H44N2O7S/c1-28-14-20-31(21-15-28)52(49,50)51-40-29(18-22-36-41(2,3)32-10-6-8-12-34(32)43(36)26-24-38(45)46)16-17-30(40)19-23-37-42(4,5)33-11-7-9-13-35(33)44(37)27-25-39(47)48/h6-15,18-23H,16-17,24-27H2,1-5H3,(H-,45,46,47,48). The van der Waals surface area contributed by atoms with Crippen LogP contribution in [0.1, 0.15) is 70.1 Å². The van der Waals surface area contributed by atoms with Crippen molar-refractivity contribution in [2.24, 2.45) is 0 Å². The van der Waals surface area contributed by atoms with E-state index < -0.39 is 32.9 Å². The molecule has 0 aromatic heterocycles. The average Bonchev–Trinajstić information content (AvgIpc) is 3.64. The Bertz CT molecular complexity index is 2200. The van der Waals surface area contributed by atoms with E-state index in [1.165, 1.54) is 12.1 Å². The first kappa shape index (κ1) is 36.6. The molecule has 0 unspecified atom stereocenters. The van der Waals surface area contributed by atoms with E-state index in [1.54, 1.807) is 12.1 Å². The zero-order valence-corrected chi connectivity index (χ0v) is 31.0. The lowest BCUT2D eigenvalue weighted by molar-refractivity contribution is -0.436. The third-order valence-corrected chi connectivity index (χ3v) is 11.6. The second-order valence-corrected chi connectivity index (χ2v) is 16.1. The van der Waals surface area contributed by atoms with Crippen LogP contribution in [0.15, 0.2) is 125 Å². The van der Waals surface area contributed by atoms with Gasteiger partial charge in [-0.15, -0.1) is 0 Å². The summed E-state index contributed by atoms with van der Waals surface area (Å²) in [6.07, 6.45) is 8.50. The Labute approximate surface area is 305 Å². The molecule has 2 aliphatic heterocycles. The van der Waals surface area contributed by atoms with Gasteiger partial charge in [-0.2, -0.15) is 13.0 Å². The molecule has 0 saturated carbocycles. The van der Waals surface area contributed by atoms with E-state index in [4.69, 9.17) is 4.18 Å². The summed E-state index contributed by atoms with van der Waals surface area (Å²) < 4.78 is 35.6. The summed E-state index contributed by atoms with van der Waals surface area (Å²) in [5.74, 6) is -1.79. The van der Waals surface area contributed by atoms with Gasteiger partial charge >= 0.3 is 16.1 Å². The topological polar surface area (TPSA) is 127 Å². The molecule has 0 radical (unpaired) electrons. The summed E-state index contributed by atoms with van der Waals surface area (Å²) in [5.41, 5.74) is 7.19. The molecular formula is C42H44N2O7S. The van der Waals surface area contributed by atoms with Crippen molar-refractivity contribution in [1.82, 2.24) is 0 Å². The third kappa shape index (κ3) is 6.99. The lowest BCUT2D eigenvalue weighted by Crippen LogP contribution is -2.31. The minimum Gasteiger partial charge on any atom is -0.550 e. The zero-order valence-electron chi connectivity index (χ0n) is 30.2. The third-order valence-electron chi connectivity index (χ3n) is 10.3. The molecule has 52 heavy (non-hydrogen) atoms. The molecule has 270 valence electrons. The van der Waals surface area contributed by atoms with Crippen molar-refractivity contribution in [3.63, 3.8) is 0 Å². The maximum absolute atomic E-state index is 13.8. The van der Waals surface area contributed by atoms with Crippen molar-refractivity contribution in [2.45, 2.75) is 76.0 Å². The van der Waals surface area contributed by atoms with Crippen LogP contribution in [0.4, 0.5) is 11.4 Å². The Kier molecular flexibility index (Phi) is 9.89. The van der Waals surface area contributed by atoms with E-state index in [-0.39, 0.29) is 36.6 Å². The van der Waals surface area contributed by atoms with Gasteiger partial charge in [-0.25, -0.2) is 0 Å². The minimum atomic E-state index is -4.21. The Hall–Kier alpha value is -5.22. The van der Waals surface area contributed by atoms with Gasteiger partial charge in [0, 0.05) is 53.4 Å². The van der Waals surface area contributed by atoms with Crippen LogP contribution >= 0.6 is 0 Å². The number of allylic oxidation sites excluding steroid dienone is 7. The number of aryl methyl sites for hydroxylation is 1. The number of aliphatic carboxylic acids is 2. The highest BCUT2D eigenvalue weighted by atomic mass is 32.2. The van der Waals surface area contributed by atoms with Gasteiger partial charge < -0.3 is 24.1 Å². The first-order chi connectivity index (χ1) is 24.6. The van der Waals surface area contributed by atoms with Crippen molar-refractivity contribution in [1.29, 1.82) is 0 Å². The van der Waals surface area contributed by atoms with Crippen molar-refractivity contribution >= 4 is 39.1 Å². The van der Waals surface area contributed by atoms with Gasteiger partial charge in [0.25, 0.3) is 0 Å².